The second kappa shape index (κ2) is 3.77. The van der Waals surface area contributed by atoms with Gasteiger partial charge in [-0.2, -0.15) is 0 Å². The molecule has 1 heteroatoms. The maximum Gasteiger partial charge on any atom is 0.139 e. The van der Waals surface area contributed by atoms with E-state index in [4.69, 9.17) is 0 Å². The fraction of sp³-hybridized carbons (Fsp3) is 0.950. The minimum Gasteiger partial charge on any atom is -0.299 e. The average Bonchev–Trinajstić information content (AvgIpc) is 3.22. The molecule has 6 aliphatic rings. The maximum atomic E-state index is 13.4. The molecule has 6 saturated carbocycles. The SMILES string of the molecule is O=C1C[C@@H]2CC[C@@H]3CC[C@H]([C@H]32)[C@@]12C[C@@H]1CC[C@H]3CC[C@@H]2[C@H]31. The number of fused-ring (bicyclic) bond motifs is 2. The summed E-state index contributed by atoms with van der Waals surface area (Å²) in [4.78, 5) is 13.4. The molecule has 6 aliphatic carbocycles. The molecule has 0 aromatic heterocycles. The van der Waals surface area contributed by atoms with E-state index in [1.165, 1.54) is 57.8 Å². The van der Waals surface area contributed by atoms with Gasteiger partial charge in [-0.1, -0.05) is 0 Å². The normalized spacial score (nSPS) is 63.5. The highest BCUT2D eigenvalue weighted by Gasteiger charge is 2.69. The van der Waals surface area contributed by atoms with Gasteiger partial charge in [0.2, 0.25) is 0 Å². The molecule has 6 fully saturated rings. The van der Waals surface area contributed by atoms with Gasteiger partial charge in [0.15, 0.2) is 0 Å². The summed E-state index contributed by atoms with van der Waals surface area (Å²) < 4.78 is 0. The molecule has 0 aliphatic heterocycles. The Hall–Kier alpha value is -0.330. The van der Waals surface area contributed by atoms with E-state index in [2.05, 4.69) is 0 Å². The number of carbonyl (C=O) groups is 1. The van der Waals surface area contributed by atoms with Crippen molar-refractivity contribution in [2.75, 3.05) is 0 Å². The molecule has 0 aromatic carbocycles. The van der Waals surface area contributed by atoms with Crippen LogP contribution < -0.4 is 0 Å². The lowest BCUT2D eigenvalue weighted by molar-refractivity contribution is -0.144. The van der Waals surface area contributed by atoms with Crippen molar-refractivity contribution in [3.8, 4) is 0 Å². The molecule has 1 spiro atoms. The van der Waals surface area contributed by atoms with Gasteiger partial charge in [0.25, 0.3) is 0 Å². The van der Waals surface area contributed by atoms with Crippen LogP contribution in [-0.4, -0.2) is 5.78 Å². The fourth-order valence-corrected chi connectivity index (χ4v) is 9.20. The topological polar surface area (TPSA) is 17.1 Å². The van der Waals surface area contributed by atoms with E-state index in [0.717, 1.165) is 59.5 Å². The van der Waals surface area contributed by atoms with Gasteiger partial charge in [0, 0.05) is 11.8 Å². The largest absolute Gasteiger partial charge is 0.299 e. The summed E-state index contributed by atoms with van der Waals surface area (Å²) in [5, 5.41) is 0. The lowest BCUT2D eigenvalue weighted by Gasteiger charge is -2.48. The third-order valence-electron chi connectivity index (χ3n) is 9.51. The highest BCUT2D eigenvalue weighted by molar-refractivity contribution is 5.87. The Kier molecular flexibility index (Phi) is 2.18. The second-order valence-corrected chi connectivity index (χ2v) is 9.59. The van der Waals surface area contributed by atoms with E-state index in [-0.39, 0.29) is 5.41 Å². The van der Waals surface area contributed by atoms with E-state index >= 15 is 0 Å². The van der Waals surface area contributed by atoms with Crippen LogP contribution in [0.3, 0.4) is 0 Å². The Labute approximate surface area is 128 Å². The third-order valence-corrected chi connectivity index (χ3v) is 9.51. The van der Waals surface area contributed by atoms with Crippen LogP contribution in [0.25, 0.3) is 0 Å². The first-order valence-electron chi connectivity index (χ1n) is 9.82. The first kappa shape index (κ1) is 12.1. The Balaban J connectivity index is 1.47. The Morgan fingerprint density at radius 1 is 0.667 bits per heavy atom. The van der Waals surface area contributed by atoms with Gasteiger partial charge in [-0.05, 0) is 105 Å². The van der Waals surface area contributed by atoms with Crippen molar-refractivity contribution in [2.24, 2.45) is 52.8 Å². The molecule has 0 bridgehead atoms. The predicted octanol–water partition coefficient (Wildman–Crippen LogP) is 4.45. The lowest BCUT2D eigenvalue weighted by Crippen LogP contribution is -2.50. The van der Waals surface area contributed by atoms with Gasteiger partial charge in [0.1, 0.15) is 5.78 Å². The number of ketones is 1. The number of carbonyl (C=O) groups excluding carboxylic acids is 1. The standard InChI is InChI=1S/C20H28O/c21-17-9-13-3-1-11-5-7-15(18(11)13)20(17)10-14-4-2-12-6-8-16(20)19(12)14/h11-16,18-19H,1-10H2/t11-,12+,13+,14+,15-,16-,18-,19-,20-/m1/s1. The van der Waals surface area contributed by atoms with Gasteiger partial charge in [-0.25, -0.2) is 0 Å². The molecular formula is C20H28O. The molecular weight excluding hydrogens is 256 g/mol. The molecule has 0 saturated heterocycles. The molecule has 1 nitrogen and oxygen atoms in total. The first-order valence-corrected chi connectivity index (χ1v) is 9.82. The van der Waals surface area contributed by atoms with Gasteiger partial charge >= 0.3 is 0 Å². The maximum absolute atomic E-state index is 13.4. The lowest BCUT2D eigenvalue weighted by atomic mass is 9.54. The van der Waals surface area contributed by atoms with E-state index in [1.807, 2.05) is 0 Å². The van der Waals surface area contributed by atoms with Crippen molar-refractivity contribution in [3.05, 3.63) is 0 Å². The Bertz CT molecular complexity index is 510. The molecule has 0 aromatic rings. The number of hydrogen-bond donors (Lipinski definition) is 0. The molecule has 0 N–H and O–H groups in total. The summed E-state index contributed by atoms with van der Waals surface area (Å²) in [5.74, 6) is 8.15. The van der Waals surface area contributed by atoms with Crippen LogP contribution >= 0.6 is 0 Å². The second-order valence-electron chi connectivity index (χ2n) is 9.59. The summed E-state index contributed by atoms with van der Waals surface area (Å²) in [6.07, 6.45) is 13.9. The van der Waals surface area contributed by atoms with Crippen LogP contribution in [0.5, 0.6) is 0 Å². The predicted molar refractivity (Wildman–Crippen MR) is 81.5 cm³/mol. The molecule has 114 valence electrons. The van der Waals surface area contributed by atoms with E-state index < -0.39 is 0 Å². The Morgan fingerprint density at radius 3 is 1.90 bits per heavy atom. The highest BCUT2D eigenvalue weighted by Crippen LogP contribution is 2.73. The number of rotatable bonds is 0. The average molecular weight is 284 g/mol. The van der Waals surface area contributed by atoms with Gasteiger partial charge in [0.05, 0.1) is 0 Å². The van der Waals surface area contributed by atoms with Gasteiger partial charge in [-0.3, -0.25) is 4.79 Å². The van der Waals surface area contributed by atoms with Crippen LogP contribution in [0.4, 0.5) is 0 Å². The summed E-state index contributed by atoms with van der Waals surface area (Å²) in [6, 6.07) is 0. The molecule has 0 radical (unpaired) electrons. The zero-order valence-electron chi connectivity index (χ0n) is 13.1. The van der Waals surface area contributed by atoms with E-state index in [9.17, 15) is 4.79 Å². The molecule has 9 atom stereocenters. The first-order chi connectivity index (χ1) is 10.3. The molecule has 0 heterocycles. The monoisotopic (exact) mass is 284 g/mol. The van der Waals surface area contributed by atoms with Crippen molar-refractivity contribution in [3.63, 3.8) is 0 Å². The van der Waals surface area contributed by atoms with Crippen molar-refractivity contribution >= 4 is 5.78 Å². The quantitative estimate of drug-likeness (QED) is 0.642. The molecule has 0 unspecified atom stereocenters. The minimum atomic E-state index is 0.199. The van der Waals surface area contributed by atoms with Crippen LogP contribution in [0.15, 0.2) is 0 Å². The smallest absolute Gasteiger partial charge is 0.139 e. The highest BCUT2D eigenvalue weighted by atomic mass is 16.1. The number of hydrogen-bond acceptors (Lipinski definition) is 1. The minimum absolute atomic E-state index is 0.199. The zero-order chi connectivity index (χ0) is 13.8. The summed E-state index contributed by atoms with van der Waals surface area (Å²) in [7, 11) is 0. The third kappa shape index (κ3) is 1.23. The molecule has 21 heavy (non-hydrogen) atoms. The number of Topliss-reactive ketones (excluding diaryl/α,β-unsaturated/α-hetero) is 1. The van der Waals surface area contributed by atoms with Crippen LogP contribution in [0, 0.1) is 52.8 Å². The van der Waals surface area contributed by atoms with Crippen LogP contribution in [0.1, 0.15) is 64.2 Å². The van der Waals surface area contributed by atoms with Crippen LogP contribution in [-0.2, 0) is 4.79 Å². The summed E-state index contributed by atoms with van der Waals surface area (Å²) >= 11 is 0. The molecule has 6 rings (SSSR count). The van der Waals surface area contributed by atoms with Gasteiger partial charge < -0.3 is 0 Å². The van der Waals surface area contributed by atoms with E-state index in [0.29, 0.717) is 0 Å². The Morgan fingerprint density at radius 2 is 1.19 bits per heavy atom. The van der Waals surface area contributed by atoms with Crippen molar-refractivity contribution in [2.45, 2.75) is 64.2 Å². The van der Waals surface area contributed by atoms with E-state index in [1.54, 1.807) is 0 Å². The van der Waals surface area contributed by atoms with Crippen LogP contribution in [0.2, 0.25) is 0 Å². The van der Waals surface area contributed by atoms with Crippen molar-refractivity contribution < 1.29 is 4.79 Å². The zero-order valence-corrected chi connectivity index (χ0v) is 13.1. The molecule has 0 amide bonds. The summed E-state index contributed by atoms with van der Waals surface area (Å²) in [6.45, 7) is 0. The fourth-order valence-electron chi connectivity index (χ4n) is 9.20. The van der Waals surface area contributed by atoms with Crippen molar-refractivity contribution in [1.29, 1.82) is 0 Å². The van der Waals surface area contributed by atoms with Gasteiger partial charge in [-0.15, -0.1) is 0 Å². The summed E-state index contributed by atoms with van der Waals surface area (Å²) in [5.41, 5.74) is 0.199. The van der Waals surface area contributed by atoms with Crippen molar-refractivity contribution in [1.82, 2.24) is 0 Å².